The molecule has 0 bridgehead atoms. The molecule has 0 saturated carbocycles. The lowest BCUT2D eigenvalue weighted by molar-refractivity contribution is 1.16. The largest absolute Gasteiger partial charge is 0.376 e. The van der Waals surface area contributed by atoms with Crippen LogP contribution in [0.15, 0.2) is 194 Å². The summed E-state index contributed by atoms with van der Waals surface area (Å²) >= 11 is 0. The Hall–Kier alpha value is -6.78. The van der Waals surface area contributed by atoms with Gasteiger partial charge in [0.15, 0.2) is 0 Å². The highest BCUT2D eigenvalue weighted by Gasteiger charge is 2.36. The zero-order valence-electron chi connectivity index (χ0n) is 32.1. The van der Waals surface area contributed by atoms with Crippen LogP contribution in [0.3, 0.4) is 0 Å². The number of aromatic nitrogens is 2. The van der Waals surface area contributed by atoms with Gasteiger partial charge < -0.3 is 13.9 Å². The summed E-state index contributed by atoms with van der Waals surface area (Å²) in [5.41, 5.74) is 12.5. The van der Waals surface area contributed by atoms with Crippen LogP contribution in [0.2, 0.25) is 0 Å². The summed E-state index contributed by atoms with van der Waals surface area (Å²) in [4.78, 5) is 2.48. The van der Waals surface area contributed by atoms with E-state index in [9.17, 15) is 0 Å². The number of nitrogens with zero attached hydrogens (tertiary/aromatic N) is 3. The Kier molecular flexibility index (Phi) is 5.52. The predicted octanol–water partition coefficient (Wildman–Crippen LogP) is 10.8. The molecule has 2 aromatic heterocycles. The first-order chi connectivity index (χ1) is 27.5. The molecule has 3 nitrogen and oxygen atoms in total. The van der Waals surface area contributed by atoms with Crippen LogP contribution in [0.1, 0.15) is 5.48 Å². The molecule has 3 heterocycles. The first-order valence-electron chi connectivity index (χ1n) is 19.7. The quantitative estimate of drug-likeness (QED) is 0.171. The molecule has 52 heavy (non-hydrogen) atoms. The van der Waals surface area contributed by atoms with Crippen LogP contribution in [0.25, 0.3) is 66.1 Å². The number of para-hydroxylation sites is 4. The van der Waals surface area contributed by atoms with Crippen molar-refractivity contribution in [1.29, 1.82) is 0 Å². The van der Waals surface area contributed by atoms with Gasteiger partial charge in [-0.05, 0) is 71.7 Å². The van der Waals surface area contributed by atoms with Gasteiger partial charge in [-0.25, -0.2) is 0 Å². The molecule has 10 aromatic rings. The monoisotopic (exact) mass is 665 g/mol. The zero-order valence-corrected chi connectivity index (χ0v) is 28.1. The topological polar surface area (TPSA) is 13.1 Å². The molecule has 8 aromatic carbocycles. The third kappa shape index (κ3) is 4.21. The van der Waals surface area contributed by atoms with Gasteiger partial charge in [0, 0.05) is 49.9 Å². The molecule has 11 rings (SSSR count). The summed E-state index contributed by atoms with van der Waals surface area (Å²) in [6.45, 7) is -0.0361. The maximum absolute atomic E-state index is 9.00. The van der Waals surface area contributed by atoms with Crippen molar-refractivity contribution in [3.63, 3.8) is 0 Å². The van der Waals surface area contributed by atoms with Crippen molar-refractivity contribution >= 4 is 72.8 Å². The molecule has 0 unspecified atom stereocenters. The molecule has 0 spiro atoms. The van der Waals surface area contributed by atoms with Gasteiger partial charge in [0.25, 0.3) is 0 Å². The minimum Gasteiger partial charge on any atom is -0.376 e. The van der Waals surface area contributed by atoms with Gasteiger partial charge in [-0.3, -0.25) is 0 Å². The van der Waals surface area contributed by atoms with E-state index in [0.717, 1.165) is 55.5 Å². The fourth-order valence-electron chi connectivity index (χ4n) is 8.52. The van der Waals surface area contributed by atoms with Crippen LogP contribution in [-0.2, 0) is 0 Å². The number of hydrogen-bond acceptors (Lipinski definition) is 1. The molecular weight excluding hydrogens is 629 g/mol. The van der Waals surface area contributed by atoms with E-state index in [2.05, 4.69) is 155 Å². The van der Waals surface area contributed by atoms with E-state index in [1.165, 1.54) is 22.1 Å². The maximum atomic E-state index is 9.00. The Morgan fingerprint density at radius 3 is 1.87 bits per heavy atom. The van der Waals surface area contributed by atoms with E-state index in [1.807, 2.05) is 28.8 Å². The second kappa shape index (κ2) is 11.4. The van der Waals surface area contributed by atoms with E-state index in [-0.39, 0.29) is 31.0 Å². The standard InChI is InChI=1S/C48H32BN3/c1-2-15-33(16-3-1)49-43-24-9-4-19-37(43)38-20-8-13-28-48(38)52(49)36-18-14-17-34(31-36)50-46-27-12-7-23-41(46)42-32-35(29-30-47(42)50)51-44-25-10-5-21-39(44)40-22-6-11-26-45(40)51/h1-32H/i5D,10D,21D,25D. The summed E-state index contributed by atoms with van der Waals surface area (Å²) in [7, 11) is 0. The summed E-state index contributed by atoms with van der Waals surface area (Å²) in [5, 5.41) is 3.47. The molecule has 1 aliphatic heterocycles. The van der Waals surface area contributed by atoms with Crippen LogP contribution in [0, 0.1) is 0 Å². The fraction of sp³-hybridized carbons (Fsp3) is 0. The number of fused-ring (bicyclic) bond motifs is 9. The van der Waals surface area contributed by atoms with Gasteiger partial charge in [-0.1, -0.05) is 139 Å². The molecule has 1 aliphatic rings. The Labute approximate surface area is 308 Å². The predicted molar refractivity (Wildman–Crippen MR) is 221 cm³/mol. The molecule has 0 amide bonds. The Morgan fingerprint density at radius 2 is 1.02 bits per heavy atom. The molecule has 242 valence electrons. The normalized spacial score (nSPS) is 13.6. The highest BCUT2D eigenvalue weighted by Crippen LogP contribution is 2.41. The minimum atomic E-state index is -0.238. The van der Waals surface area contributed by atoms with E-state index in [1.54, 1.807) is 0 Å². The highest BCUT2D eigenvalue weighted by molar-refractivity contribution is 6.90. The molecule has 0 saturated heterocycles. The lowest BCUT2D eigenvalue weighted by Crippen LogP contribution is -2.57. The van der Waals surface area contributed by atoms with Crippen molar-refractivity contribution in [2.45, 2.75) is 0 Å². The molecule has 0 radical (unpaired) electrons. The van der Waals surface area contributed by atoms with Crippen LogP contribution in [-0.4, -0.2) is 16.0 Å². The number of benzene rings is 8. The average molecular weight is 666 g/mol. The minimum absolute atomic E-state index is 0.0252. The molecule has 4 heteroatoms. The SMILES string of the molecule is [2H]c1c([2H])c([2H])c2c(c1[2H])c1ccccc1n2-c1ccc2c(c1)c1ccccc1n2-c1cccc(N2B(c3ccccc3)c3ccccc3-c3ccccc32)c1. The van der Waals surface area contributed by atoms with Crippen LogP contribution < -0.4 is 15.7 Å². The summed E-state index contributed by atoms with van der Waals surface area (Å²) in [6.07, 6.45) is 0. The summed E-state index contributed by atoms with van der Waals surface area (Å²) in [5.74, 6) is 0. The third-order valence-electron chi connectivity index (χ3n) is 10.7. The molecule has 0 fully saturated rings. The van der Waals surface area contributed by atoms with Crippen LogP contribution in [0.4, 0.5) is 11.4 Å². The first-order valence-corrected chi connectivity index (χ1v) is 17.7. The second-order valence-electron chi connectivity index (χ2n) is 13.4. The van der Waals surface area contributed by atoms with Gasteiger partial charge >= 0.3 is 6.85 Å². The fourth-order valence-corrected chi connectivity index (χ4v) is 8.52. The van der Waals surface area contributed by atoms with Crippen molar-refractivity contribution < 1.29 is 5.48 Å². The molecular formula is C48H32BN3. The Morgan fingerprint density at radius 1 is 0.404 bits per heavy atom. The lowest BCUT2D eigenvalue weighted by atomic mass is 9.46. The van der Waals surface area contributed by atoms with Gasteiger partial charge in [0.05, 0.1) is 27.5 Å². The number of rotatable bonds is 4. The van der Waals surface area contributed by atoms with Crippen LogP contribution >= 0.6 is 0 Å². The molecule has 0 aliphatic carbocycles. The van der Waals surface area contributed by atoms with E-state index in [4.69, 9.17) is 5.48 Å². The lowest BCUT2D eigenvalue weighted by Gasteiger charge is -2.39. The van der Waals surface area contributed by atoms with Crippen molar-refractivity contribution in [2.24, 2.45) is 0 Å². The van der Waals surface area contributed by atoms with Crippen molar-refractivity contribution in [1.82, 2.24) is 9.13 Å². The van der Waals surface area contributed by atoms with E-state index in [0.29, 0.717) is 10.9 Å². The number of anilines is 2. The average Bonchev–Trinajstić information content (AvgIpc) is 3.78. The third-order valence-corrected chi connectivity index (χ3v) is 10.7. The number of hydrogen-bond donors (Lipinski definition) is 0. The Bertz CT molecular complexity index is 3220. The first kappa shape index (κ1) is 25.2. The summed E-state index contributed by atoms with van der Waals surface area (Å²) in [6, 6.07) is 59.1. The molecule has 0 atom stereocenters. The smallest absolute Gasteiger partial charge is 0.328 e. The van der Waals surface area contributed by atoms with Gasteiger partial charge in [-0.2, -0.15) is 0 Å². The molecule has 0 N–H and O–H groups in total. The van der Waals surface area contributed by atoms with E-state index >= 15 is 0 Å². The highest BCUT2D eigenvalue weighted by atomic mass is 15.1. The van der Waals surface area contributed by atoms with Crippen molar-refractivity contribution in [3.05, 3.63) is 194 Å². The zero-order chi connectivity index (χ0) is 37.7. The van der Waals surface area contributed by atoms with Crippen molar-refractivity contribution in [2.75, 3.05) is 4.81 Å². The van der Waals surface area contributed by atoms with E-state index < -0.39 is 0 Å². The Balaban J connectivity index is 1.13. The van der Waals surface area contributed by atoms with Gasteiger partial charge in [0.2, 0.25) is 0 Å². The second-order valence-corrected chi connectivity index (χ2v) is 13.4. The summed E-state index contributed by atoms with van der Waals surface area (Å²) < 4.78 is 39.1. The van der Waals surface area contributed by atoms with Gasteiger partial charge in [-0.15, -0.1) is 0 Å². The van der Waals surface area contributed by atoms with Gasteiger partial charge in [0.1, 0.15) is 0 Å². The van der Waals surface area contributed by atoms with Crippen molar-refractivity contribution in [3.8, 4) is 22.5 Å². The maximum Gasteiger partial charge on any atom is 0.328 e. The van der Waals surface area contributed by atoms with Crippen LogP contribution in [0.5, 0.6) is 0 Å².